The normalized spacial score (nSPS) is 26.4. The third-order valence-corrected chi connectivity index (χ3v) is 6.22. The topological polar surface area (TPSA) is 30.9 Å². The zero-order valence-electron chi connectivity index (χ0n) is 15.7. The van der Waals surface area contributed by atoms with Gasteiger partial charge in [0.1, 0.15) is 0 Å². The van der Waals surface area contributed by atoms with Crippen molar-refractivity contribution < 1.29 is 14.0 Å². The first-order chi connectivity index (χ1) is 11.1. The third-order valence-electron chi connectivity index (χ3n) is 6.22. The van der Waals surface area contributed by atoms with E-state index in [4.69, 9.17) is 14.0 Å². The first-order valence-electron chi connectivity index (χ1n) is 8.92. The average molecular weight is 329 g/mol. The summed E-state index contributed by atoms with van der Waals surface area (Å²) in [5.74, 6) is 0. The number of nitrogens with zero attached hydrogens (tertiary/aromatic N) is 1. The first kappa shape index (κ1) is 16.4. The third kappa shape index (κ3) is 2.32. The van der Waals surface area contributed by atoms with Crippen LogP contribution in [0.15, 0.2) is 12.1 Å². The van der Waals surface area contributed by atoms with Gasteiger partial charge in [-0.05, 0) is 58.1 Å². The van der Waals surface area contributed by atoms with Crippen LogP contribution in [-0.4, -0.2) is 44.6 Å². The molecule has 5 heteroatoms. The molecule has 3 aliphatic heterocycles. The fourth-order valence-corrected chi connectivity index (χ4v) is 4.10. The number of rotatable bonds is 2. The van der Waals surface area contributed by atoms with Crippen LogP contribution in [-0.2, 0) is 14.0 Å². The highest BCUT2D eigenvalue weighted by atomic mass is 16.7. The van der Waals surface area contributed by atoms with Crippen LogP contribution in [0.4, 0.5) is 5.69 Å². The van der Waals surface area contributed by atoms with Crippen LogP contribution in [0.2, 0.25) is 0 Å². The molecule has 0 radical (unpaired) electrons. The quantitative estimate of drug-likeness (QED) is 0.780. The summed E-state index contributed by atoms with van der Waals surface area (Å²) in [4.78, 5) is 2.49. The Kier molecular flexibility index (Phi) is 3.42. The van der Waals surface area contributed by atoms with Crippen LogP contribution < -0.4 is 10.4 Å². The van der Waals surface area contributed by atoms with Gasteiger partial charge >= 0.3 is 7.12 Å². The summed E-state index contributed by atoms with van der Waals surface area (Å²) >= 11 is 0. The molecule has 1 aromatic carbocycles. The highest BCUT2D eigenvalue weighted by molar-refractivity contribution is 6.62. The summed E-state index contributed by atoms with van der Waals surface area (Å²) in [5, 5.41) is 0. The second kappa shape index (κ2) is 4.99. The van der Waals surface area contributed by atoms with E-state index < -0.39 is 0 Å². The highest BCUT2D eigenvalue weighted by Crippen LogP contribution is 2.42. The molecule has 0 amide bonds. The summed E-state index contributed by atoms with van der Waals surface area (Å²) in [5.41, 5.74) is 4.92. The minimum atomic E-state index is -0.299. The van der Waals surface area contributed by atoms with Crippen molar-refractivity contribution in [2.24, 2.45) is 5.41 Å². The van der Waals surface area contributed by atoms with Gasteiger partial charge in [0.25, 0.3) is 0 Å². The Labute approximate surface area is 145 Å². The minimum absolute atomic E-state index is 0.288. The van der Waals surface area contributed by atoms with Crippen LogP contribution in [0.25, 0.3) is 0 Å². The molecule has 1 spiro atoms. The number of ether oxygens (including phenoxy) is 1. The van der Waals surface area contributed by atoms with Crippen molar-refractivity contribution in [2.45, 2.75) is 52.7 Å². The number of benzene rings is 1. The molecule has 0 bridgehead atoms. The first-order valence-corrected chi connectivity index (χ1v) is 8.92. The van der Waals surface area contributed by atoms with Crippen molar-refractivity contribution in [2.75, 3.05) is 31.2 Å². The van der Waals surface area contributed by atoms with Crippen molar-refractivity contribution in [3.63, 3.8) is 0 Å². The maximum absolute atomic E-state index is 6.21. The Bertz CT molecular complexity index is 634. The molecule has 4 rings (SSSR count). The molecular weight excluding hydrogens is 301 g/mol. The van der Waals surface area contributed by atoms with Gasteiger partial charge in [-0.2, -0.15) is 0 Å². The summed E-state index contributed by atoms with van der Waals surface area (Å²) in [6.07, 6.45) is 0. The summed E-state index contributed by atoms with van der Waals surface area (Å²) < 4.78 is 17.8. The van der Waals surface area contributed by atoms with Crippen molar-refractivity contribution >= 4 is 18.3 Å². The van der Waals surface area contributed by atoms with E-state index in [1.807, 2.05) is 0 Å². The van der Waals surface area contributed by atoms with Gasteiger partial charge in [-0.3, -0.25) is 0 Å². The number of hydrogen-bond acceptors (Lipinski definition) is 4. The lowest BCUT2D eigenvalue weighted by atomic mass is 9.75. The molecule has 0 unspecified atom stereocenters. The lowest BCUT2D eigenvalue weighted by Crippen LogP contribution is -2.66. The van der Waals surface area contributed by atoms with E-state index in [0.717, 1.165) is 31.8 Å². The summed E-state index contributed by atoms with van der Waals surface area (Å²) in [6.45, 7) is 16.9. The molecule has 24 heavy (non-hydrogen) atoms. The van der Waals surface area contributed by atoms with Gasteiger partial charge < -0.3 is 18.9 Å². The monoisotopic (exact) mass is 329 g/mol. The van der Waals surface area contributed by atoms with Crippen LogP contribution in [0.1, 0.15) is 38.8 Å². The number of hydrogen-bond donors (Lipinski definition) is 0. The molecular formula is C19H28BNO3. The van der Waals surface area contributed by atoms with Gasteiger partial charge in [0.05, 0.1) is 29.8 Å². The van der Waals surface area contributed by atoms with E-state index in [1.54, 1.807) is 0 Å². The molecule has 0 N–H and O–H groups in total. The Hall–Kier alpha value is -1.04. The Balaban J connectivity index is 1.57. The molecule has 1 aromatic rings. The van der Waals surface area contributed by atoms with Gasteiger partial charge in [-0.25, -0.2) is 0 Å². The summed E-state index contributed by atoms with van der Waals surface area (Å²) in [7, 11) is -0.288. The molecule has 130 valence electrons. The predicted molar refractivity (Wildman–Crippen MR) is 97.1 cm³/mol. The second-order valence-electron chi connectivity index (χ2n) is 8.94. The molecule has 4 nitrogen and oxygen atoms in total. The fraction of sp³-hybridized carbons (Fsp3) is 0.684. The molecule has 0 aromatic heterocycles. The van der Waals surface area contributed by atoms with Crippen molar-refractivity contribution in [3.8, 4) is 0 Å². The van der Waals surface area contributed by atoms with Gasteiger partial charge in [0.15, 0.2) is 0 Å². The molecule has 0 aliphatic carbocycles. The van der Waals surface area contributed by atoms with Crippen LogP contribution in [0, 0.1) is 19.3 Å². The highest BCUT2D eigenvalue weighted by Gasteiger charge is 2.52. The van der Waals surface area contributed by atoms with Crippen LogP contribution in [0.5, 0.6) is 0 Å². The van der Waals surface area contributed by atoms with Crippen LogP contribution in [0.3, 0.4) is 0 Å². The molecule has 0 atom stereocenters. The van der Waals surface area contributed by atoms with E-state index in [9.17, 15) is 0 Å². The zero-order chi connectivity index (χ0) is 17.3. The Morgan fingerprint density at radius 2 is 1.42 bits per heavy atom. The van der Waals surface area contributed by atoms with E-state index in [-0.39, 0.29) is 18.3 Å². The molecule has 3 aliphatic rings. The van der Waals surface area contributed by atoms with E-state index in [2.05, 4.69) is 58.6 Å². The Morgan fingerprint density at radius 3 is 1.83 bits per heavy atom. The summed E-state index contributed by atoms with van der Waals surface area (Å²) in [6, 6.07) is 4.46. The van der Waals surface area contributed by atoms with E-state index in [0.29, 0.717) is 5.41 Å². The molecule has 0 saturated carbocycles. The average Bonchev–Trinajstić information content (AvgIpc) is 2.58. The Morgan fingerprint density at radius 1 is 0.917 bits per heavy atom. The number of aryl methyl sites for hydroxylation is 2. The lowest BCUT2D eigenvalue weighted by molar-refractivity contribution is -0.127. The van der Waals surface area contributed by atoms with Gasteiger partial charge in [0, 0.05) is 18.8 Å². The van der Waals surface area contributed by atoms with Crippen LogP contribution >= 0.6 is 0 Å². The smallest absolute Gasteiger partial charge is 0.399 e. The largest absolute Gasteiger partial charge is 0.494 e. The SMILES string of the molecule is Cc1cc(B2OC(C)(C)C(C)(C)O2)cc(C)c1N1CC2(COC2)C1. The standard InChI is InChI=1S/C19H28BNO3/c1-13-7-15(20-23-17(3,4)18(5,6)24-20)8-14(2)16(13)21-9-19(10-21)11-22-12-19/h7-8H,9-12H2,1-6H3. The van der Waals surface area contributed by atoms with Gasteiger partial charge in [-0.1, -0.05) is 12.1 Å². The second-order valence-corrected chi connectivity index (χ2v) is 8.94. The lowest BCUT2D eigenvalue weighted by Gasteiger charge is -2.56. The zero-order valence-corrected chi connectivity index (χ0v) is 15.7. The maximum atomic E-state index is 6.21. The maximum Gasteiger partial charge on any atom is 0.494 e. The predicted octanol–water partition coefficient (Wildman–Crippen LogP) is 2.44. The molecule has 3 heterocycles. The fourth-order valence-electron chi connectivity index (χ4n) is 4.10. The van der Waals surface area contributed by atoms with E-state index >= 15 is 0 Å². The molecule has 3 fully saturated rings. The minimum Gasteiger partial charge on any atom is -0.399 e. The van der Waals surface area contributed by atoms with Crippen molar-refractivity contribution in [1.29, 1.82) is 0 Å². The van der Waals surface area contributed by atoms with Crippen molar-refractivity contribution in [3.05, 3.63) is 23.3 Å². The van der Waals surface area contributed by atoms with E-state index in [1.165, 1.54) is 16.8 Å². The van der Waals surface area contributed by atoms with Gasteiger partial charge in [0.2, 0.25) is 0 Å². The van der Waals surface area contributed by atoms with Crippen molar-refractivity contribution in [1.82, 2.24) is 0 Å². The number of anilines is 1. The molecule has 3 saturated heterocycles. The van der Waals surface area contributed by atoms with Gasteiger partial charge in [-0.15, -0.1) is 0 Å².